The van der Waals surface area contributed by atoms with Crippen LogP contribution in [0.3, 0.4) is 0 Å². The van der Waals surface area contributed by atoms with Gasteiger partial charge in [-0.15, -0.1) is 0 Å². The Hall–Kier alpha value is -1.79. The third kappa shape index (κ3) is 4.23. The Morgan fingerprint density at radius 1 is 1.28 bits per heavy atom. The van der Waals surface area contributed by atoms with Gasteiger partial charge in [-0.1, -0.05) is 0 Å². The van der Waals surface area contributed by atoms with E-state index >= 15 is 0 Å². The molecule has 0 radical (unpaired) electrons. The number of carboxylic acids is 1. The van der Waals surface area contributed by atoms with Crippen LogP contribution >= 0.6 is 0 Å². The van der Waals surface area contributed by atoms with E-state index in [-0.39, 0.29) is 23.8 Å². The molecule has 1 atom stereocenters. The lowest BCUT2D eigenvalue weighted by molar-refractivity contribution is -0.143. The smallest absolute Gasteiger partial charge is 0.326 e. The van der Waals surface area contributed by atoms with Crippen LogP contribution in [0, 0.1) is 5.92 Å². The van der Waals surface area contributed by atoms with Gasteiger partial charge in [0.1, 0.15) is 6.04 Å². The van der Waals surface area contributed by atoms with Crippen molar-refractivity contribution in [2.75, 3.05) is 0 Å². The maximum atomic E-state index is 11.1. The molecule has 1 rings (SSSR count). The molecule has 1 aliphatic carbocycles. The van der Waals surface area contributed by atoms with Crippen LogP contribution in [0.2, 0.25) is 0 Å². The third-order valence-corrected chi connectivity index (χ3v) is 3.17. The fraction of sp³-hybridized carbons (Fsp3) is 0.727. The third-order valence-electron chi connectivity index (χ3n) is 3.17. The molecule has 7 nitrogen and oxygen atoms in total. The molecule has 0 aromatic heterocycles. The molecule has 102 valence electrons. The summed E-state index contributed by atoms with van der Waals surface area (Å²) in [5.74, 6) is -1.31. The summed E-state index contributed by atoms with van der Waals surface area (Å²) in [6.45, 7) is 1.32. The molecule has 7 heteroatoms. The second-order valence-corrected chi connectivity index (χ2v) is 4.64. The van der Waals surface area contributed by atoms with Crippen molar-refractivity contribution in [1.82, 2.24) is 5.32 Å². The second kappa shape index (κ2) is 6.23. The van der Waals surface area contributed by atoms with Gasteiger partial charge in [-0.2, -0.15) is 0 Å². The van der Waals surface area contributed by atoms with Gasteiger partial charge in [-0.3, -0.25) is 9.79 Å². The molecule has 1 amide bonds. The number of nitrogens with zero attached hydrogens (tertiary/aromatic N) is 1. The largest absolute Gasteiger partial charge is 0.480 e. The molecule has 0 bridgehead atoms. The van der Waals surface area contributed by atoms with Crippen LogP contribution in [0.15, 0.2) is 4.99 Å². The van der Waals surface area contributed by atoms with Crippen molar-refractivity contribution in [3.05, 3.63) is 0 Å². The molecule has 0 saturated heterocycles. The number of guanidine groups is 1. The van der Waals surface area contributed by atoms with E-state index in [0.29, 0.717) is 12.8 Å². The van der Waals surface area contributed by atoms with Crippen molar-refractivity contribution in [3.8, 4) is 0 Å². The Morgan fingerprint density at radius 2 is 1.83 bits per heavy atom. The summed E-state index contributed by atoms with van der Waals surface area (Å²) in [6, 6.07) is -0.749. The normalized spacial score (nSPS) is 24.9. The van der Waals surface area contributed by atoms with Gasteiger partial charge in [0.15, 0.2) is 5.96 Å². The summed E-state index contributed by atoms with van der Waals surface area (Å²) in [5, 5.41) is 11.6. The van der Waals surface area contributed by atoms with Crippen LogP contribution in [-0.2, 0) is 9.59 Å². The van der Waals surface area contributed by atoms with Gasteiger partial charge >= 0.3 is 5.97 Å². The quantitative estimate of drug-likeness (QED) is 0.394. The highest BCUT2D eigenvalue weighted by molar-refractivity contribution is 5.82. The average Bonchev–Trinajstić information content (AvgIpc) is 2.26. The highest BCUT2D eigenvalue weighted by Crippen LogP contribution is 2.28. The maximum Gasteiger partial charge on any atom is 0.326 e. The number of aliphatic imine (C=N–C) groups is 1. The first-order chi connectivity index (χ1) is 8.40. The number of nitrogens with one attached hydrogen (secondary N) is 1. The first-order valence-electron chi connectivity index (χ1n) is 5.98. The van der Waals surface area contributed by atoms with E-state index in [2.05, 4.69) is 10.3 Å². The molecule has 0 spiro atoms. The first kappa shape index (κ1) is 14.3. The zero-order valence-electron chi connectivity index (χ0n) is 10.4. The lowest BCUT2D eigenvalue weighted by Gasteiger charge is -2.30. The highest BCUT2D eigenvalue weighted by atomic mass is 16.4. The second-order valence-electron chi connectivity index (χ2n) is 4.64. The van der Waals surface area contributed by atoms with E-state index in [1.54, 1.807) is 0 Å². The standard InChI is InChI=1S/C11H20N4O3/c1-6(16)14-9(10(17)18)7-2-4-8(5-3-7)15-11(12)13/h7-9H,2-5H2,1H3,(H,14,16)(H,17,18)(H4,12,13,15)/t7?,8?,9-/m1/s1. The minimum absolute atomic E-state index is 0.0585. The van der Waals surface area contributed by atoms with E-state index in [4.69, 9.17) is 16.6 Å². The maximum absolute atomic E-state index is 11.1. The molecule has 6 N–H and O–H groups in total. The number of carbonyl (C=O) groups excluding carboxylic acids is 1. The number of carbonyl (C=O) groups is 2. The lowest BCUT2D eigenvalue weighted by atomic mass is 9.81. The Kier molecular flexibility index (Phi) is 4.94. The van der Waals surface area contributed by atoms with Gasteiger partial charge in [-0.25, -0.2) is 4.79 Å². The van der Waals surface area contributed by atoms with Crippen molar-refractivity contribution in [2.45, 2.75) is 44.7 Å². The van der Waals surface area contributed by atoms with Crippen LogP contribution in [-0.4, -0.2) is 35.0 Å². The van der Waals surface area contributed by atoms with Crippen LogP contribution in [0.4, 0.5) is 0 Å². The van der Waals surface area contributed by atoms with Crippen molar-refractivity contribution in [2.24, 2.45) is 22.4 Å². The molecule has 0 heterocycles. The monoisotopic (exact) mass is 256 g/mol. The van der Waals surface area contributed by atoms with Crippen molar-refractivity contribution < 1.29 is 14.7 Å². The Balaban J connectivity index is 2.56. The number of nitrogens with two attached hydrogens (primary N) is 2. The van der Waals surface area contributed by atoms with Gasteiger partial charge < -0.3 is 21.9 Å². The summed E-state index contributed by atoms with van der Waals surface area (Å²) < 4.78 is 0. The van der Waals surface area contributed by atoms with Crippen molar-refractivity contribution in [3.63, 3.8) is 0 Å². The van der Waals surface area contributed by atoms with E-state index in [9.17, 15) is 9.59 Å². The molecule has 0 aliphatic heterocycles. The molecule has 1 aliphatic rings. The van der Waals surface area contributed by atoms with Crippen LogP contribution in [0.1, 0.15) is 32.6 Å². The average molecular weight is 256 g/mol. The van der Waals surface area contributed by atoms with Gasteiger partial charge in [0, 0.05) is 6.92 Å². The van der Waals surface area contributed by atoms with Crippen LogP contribution in [0.25, 0.3) is 0 Å². The predicted octanol–water partition coefficient (Wildman–Crippen LogP) is -0.592. The molecular weight excluding hydrogens is 236 g/mol. The minimum atomic E-state index is -0.990. The minimum Gasteiger partial charge on any atom is -0.480 e. The molecular formula is C11H20N4O3. The fourth-order valence-corrected chi connectivity index (χ4v) is 2.38. The number of rotatable bonds is 4. The molecule has 0 aromatic rings. The topological polar surface area (TPSA) is 131 Å². The summed E-state index contributed by atoms with van der Waals surface area (Å²) in [7, 11) is 0. The molecule has 0 unspecified atom stereocenters. The number of aliphatic carboxylic acids is 1. The van der Waals surface area contributed by atoms with Crippen LogP contribution < -0.4 is 16.8 Å². The van der Waals surface area contributed by atoms with Gasteiger partial charge in [0.25, 0.3) is 0 Å². The SMILES string of the molecule is CC(=O)N[C@@H](C(=O)O)C1CCC(N=C(N)N)CC1. The summed E-state index contributed by atoms with van der Waals surface area (Å²) in [4.78, 5) is 26.2. The Morgan fingerprint density at radius 3 is 2.22 bits per heavy atom. The van der Waals surface area contributed by atoms with E-state index in [1.165, 1.54) is 6.92 Å². The van der Waals surface area contributed by atoms with Gasteiger partial charge in [-0.05, 0) is 31.6 Å². The number of hydrogen-bond acceptors (Lipinski definition) is 3. The summed E-state index contributed by atoms with van der Waals surface area (Å²) in [6.07, 6.45) is 2.87. The fourth-order valence-electron chi connectivity index (χ4n) is 2.38. The molecule has 0 aromatic carbocycles. The Bertz CT molecular complexity index is 344. The molecule has 1 saturated carbocycles. The van der Waals surface area contributed by atoms with E-state index < -0.39 is 12.0 Å². The molecule has 1 fully saturated rings. The number of amides is 1. The zero-order chi connectivity index (χ0) is 13.7. The first-order valence-corrected chi connectivity index (χ1v) is 5.98. The molecule has 18 heavy (non-hydrogen) atoms. The van der Waals surface area contributed by atoms with Crippen LogP contribution in [0.5, 0.6) is 0 Å². The summed E-state index contributed by atoms with van der Waals surface area (Å²) >= 11 is 0. The summed E-state index contributed by atoms with van der Waals surface area (Å²) in [5.41, 5.74) is 10.6. The highest BCUT2D eigenvalue weighted by Gasteiger charge is 2.32. The van der Waals surface area contributed by atoms with E-state index in [1.807, 2.05) is 0 Å². The van der Waals surface area contributed by atoms with Gasteiger partial charge in [0.2, 0.25) is 5.91 Å². The number of hydrogen-bond donors (Lipinski definition) is 4. The zero-order valence-corrected chi connectivity index (χ0v) is 10.4. The van der Waals surface area contributed by atoms with Crippen molar-refractivity contribution >= 4 is 17.8 Å². The van der Waals surface area contributed by atoms with Crippen molar-refractivity contribution in [1.29, 1.82) is 0 Å². The van der Waals surface area contributed by atoms with Gasteiger partial charge in [0.05, 0.1) is 6.04 Å². The lowest BCUT2D eigenvalue weighted by Crippen LogP contribution is -2.46. The van der Waals surface area contributed by atoms with E-state index in [0.717, 1.165) is 12.8 Å². The number of carboxylic acid groups (broad SMARTS) is 1. The predicted molar refractivity (Wildman–Crippen MR) is 66.8 cm³/mol. The Labute approximate surface area is 106 Å².